The van der Waals surface area contributed by atoms with E-state index in [0.717, 1.165) is 61.6 Å². The highest BCUT2D eigenvalue weighted by Gasteiger charge is 2.67. The quantitative estimate of drug-likeness (QED) is 0.164. The number of hydrogen-bond donors (Lipinski definition) is 3. The highest BCUT2D eigenvalue weighted by molar-refractivity contribution is 5.19. The maximum absolute atomic E-state index is 12.6. The second-order valence-corrected chi connectivity index (χ2v) is 14.9. The number of aromatic nitrogens is 2. The van der Waals surface area contributed by atoms with Gasteiger partial charge in [-0.25, -0.2) is 4.98 Å². The fourth-order valence-corrected chi connectivity index (χ4v) is 10.5. The topological polar surface area (TPSA) is 110 Å². The predicted molar refractivity (Wildman–Crippen MR) is 157 cm³/mol. The molecule has 3 N–H and O–H groups in total. The van der Waals surface area contributed by atoms with E-state index in [4.69, 9.17) is 0 Å². The Bertz CT molecular complexity index is 1010. The van der Waals surface area contributed by atoms with Crippen LogP contribution in [0.25, 0.3) is 10.4 Å². The first-order valence-corrected chi connectivity index (χ1v) is 16.1. The summed E-state index contributed by atoms with van der Waals surface area (Å²) >= 11 is 0. The van der Waals surface area contributed by atoms with Gasteiger partial charge in [-0.1, -0.05) is 59.0 Å². The standard InChI is InChI=1S/C32H54N6O/c1-21(2)7-6-8-22(3)26-9-10-27-25-17-29(35-16-13-24-19-34-20-36-24)32(39)18-23(37-38-33)11-15-31(32,5)28(25)12-14-30(26,27)4/h19-23,25-29,35,39H,6-18H2,1-5H3,(H,34,36)/t22?,23-,25-,26+,27-,28-,29+,30+,31+,32-/m0/s1. The Hall–Kier alpha value is -1.56. The molecule has 0 aromatic carbocycles. The molecular weight excluding hydrogens is 484 g/mol. The maximum atomic E-state index is 12.6. The van der Waals surface area contributed by atoms with Gasteiger partial charge < -0.3 is 15.4 Å². The Balaban J connectivity index is 1.38. The summed E-state index contributed by atoms with van der Waals surface area (Å²) in [4.78, 5) is 10.5. The van der Waals surface area contributed by atoms with Crippen LogP contribution < -0.4 is 5.32 Å². The van der Waals surface area contributed by atoms with Crippen molar-refractivity contribution in [3.63, 3.8) is 0 Å². The minimum Gasteiger partial charge on any atom is -0.388 e. The average Bonchev–Trinajstić information content (AvgIpc) is 3.53. The molecule has 0 amide bonds. The van der Waals surface area contributed by atoms with Crippen LogP contribution in [0.1, 0.15) is 111 Å². The van der Waals surface area contributed by atoms with E-state index in [1.807, 2.05) is 6.20 Å². The average molecular weight is 539 g/mol. The molecular formula is C32H54N6O. The third-order valence-corrected chi connectivity index (χ3v) is 12.6. The van der Waals surface area contributed by atoms with Gasteiger partial charge in [0.2, 0.25) is 0 Å². The van der Waals surface area contributed by atoms with Gasteiger partial charge in [-0.3, -0.25) is 0 Å². The molecule has 10 atom stereocenters. The van der Waals surface area contributed by atoms with Crippen molar-refractivity contribution >= 4 is 0 Å². The first-order valence-electron chi connectivity index (χ1n) is 16.1. The molecule has 7 nitrogen and oxygen atoms in total. The summed E-state index contributed by atoms with van der Waals surface area (Å²) in [5.74, 6) is 4.39. The molecule has 4 aliphatic carbocycles. The third kappa shape index (κ3) is 5.17. The van der Waals surface area contributed by atoms with Gasteiger partial charge in [0.15, 0.2) is 0 Å². The van der Waals surface area contributed by atoms with E-state index in [-0.39, 0.29) is 17.5 Å². The molecule has 1 heterocycles. The molecule has 4 saturated carbocycles. The third-order valence-electron chi connectivity index (χ3n) is 12.6. The van der Waals surface area contributed by atoms with Gasteiger partial charge in [-0.2, -0.15) is 0 Å². The molecule has 0 bridgehead atoms. The van der Waals surface area contributed by atoms with Crippen molar-refractivity contribution in [2.24, 2.45) is 51.5 Å². The van der Waals surface area contributed by atoms with Crippen molar-refractivity contribution < 1.29 is 5.11 Å². The molecule has 4 aliphatic rings. The number of aliphatic hydroxyl groups is 1. The van der Waals surface area contributed by atoms with Gasteiger partial charge in [0.05, 0.1) is 11.9 Å². The minimum atomic E-state index is -0.852. The summed E-state index contributed by atoms with van der Waals surface area (Å²) in [6.45, 7) is 13.1. The monoisotopic (exact) mass is 538 g/mol. The number of azide groups is 1. The van der Waals surface area contributed by atoms with Crippen molar-refractivity contribution in [2.45, 2.75) is 129 Å². The lowest BCUT2D eigenvalue weighted by Crippen LogP contribution is -2.71. The van der Waals surface area contributed by atoms with Gasteiger partial charge in [-0.15, -0.1) is 0 Å². The molecule has 39 heavy (non-hydrogen) atoms. The Morgan fingerprint density at radius 2 is 1.97 bits per heavy atom. The van der Waals surface area contributed by atoms with Crippen LogP contribution in [-0.2, 0) is 6.42 Å². The minimum absolute atomic E-state index is 0.0215. The van der Waals surface area contributed by atoms with Gasteiger partial charge in [-0.05, 0) is 97.8 Å². The van der Waals surface area contributed by atoms with Gasteiger partial charge in [0.1, 0.15) is 0 Å². The van der Waals surface area contributed by atoms with Crippen molar-refractivity contribution in [3.8, 4) is 0 Å². The van der Waals surface area contributed by atoms with E-state index in [0.29, 0.717) is 23.7 Å². The molecule has 0 saturated heterocycles. The lowest BCUT2D eigenvalue weighted by atomic mass is 9.41. The molecule has 0 spiro atoms. The van der Waals surface area contributed by atoms with Crippen LogP contribution in [0, 0.1) is 46.3 Å². The van der Waals surface area contributed by atoms with Crippen LogP contribution in [0.15, 0.2) is 17.6 Å². The Kier molecular flexibility index (Phi) is 8.44. The summed E-state index contributed by atoms with van der Waals surface area (Å²) in [5.41, 5.74) is 9.74. The molecule has 7 heteroatoms. The molecule has 5 rings (SSSR count). The first-order chi connectivity index (χ1) is 18.6. The van der Waals surface area contributed by atoms with Gasteiger partial charge in [0, 0.05) is 47.3 Å². The SMILES string of the molecule is CC(C)CCCC(C)[C@H]1CC[C@H]2[C@@H]3C[C@@H](NCCc4cnc[nH]4)[C@@]4(O)C[C@@H](N=[N+]=[N-])CC[C@]4(C)[C@H]3CC[C@]12C. The second kappa shape index (κ2) is 11.4. The maximum Gasteiger partial charge on any atom is 0.0921 e. The largest absolute Gasteiger partial charge is 0.388 e. The first kappa shape index (κ1) is 29.0. The fraction of sp³-hybridized carbons (Fsp3) is 0.906. The van der Waals surface area contributed by atoms with Crippen LogP contribution in [0.5, 0.6) is 0 Å². The number of fused-ring (bicyclic) bond motifs is 5. The zero-order chi connectivity index (χ0) is 27.8. The number of hydrogen-bond acceptors (Lipinski definition) is 4. The van der Waals surface area contributed by atoms with Crippen molar-refractivity contribution in [3.05, 3.63) is 28.7 Å². The van der Waals surface area contributed by atoms with E-state index >= 15 is 0 Å². The Morgan fingerprint density at radius 1 is 1.15 bits per heavy atom. The van der Waals surface area contributed by atoms with Crippen LogP contribution in [0.3, 0.4) is 0 Å². The zero-order valence-electron chi connectivity index (χ0n) is 25.2. The van der Waals surface area contributed by atoms with Gasteiger partial charge in [0.25, 0.3) is 0 Å². The van der Waals surface area contributed by atoms with Crippen LogP contribution in [0.4, 0.5) is 0 Å². The zero-order valence-corrected chi connectivity index (χ0v) is 25.2. The summed E-state index contributed by atoms with van der Waals surface area (Å²) in [7, 11) is 0. The number of aromatic amines is 1. The molecule has 218 valence electrons. The molecule has 0 radical (unpaired) electrons. The normalized spacial score (nSPS) is 42.3. The lowest BCUT2D eigenvalue weighted by Gasteiger charge is -2.66. The van der Waals surface area contributed by atoms with E-state index in [1.54, 1.807) is 6.33 Å². The predicted octanol–water partition coefficient (Wildman–Crippen LogP) is 7.44. The Labute approximate surface area is 236 Å². The summed E-state index contributed by atoms with van der Waals surface area (Å²) in [5, 5.41) is 20.6. The highest BCUT2D eigenvalue weighted by Crippen LogP contribution is 2.69. The van der Waals surface area contributed by atoms with E-state index < -0.39 is 5.60 Å². The van der Waals surface area contributed by atoms with E-state index in [1.165, 1.54) is 44.9 Å². The Morgan fingerprint density at radius 3 is 2.69 bits per heavy atom. The van der Waals surface area contributed by atoms with Crippen molar-refractivity contribution in [1.29, 1.82) is 0 Å². The van der Waals surface area contributed by atoms with Crippen LogP contribution >= 0.6 is 0 Å². The highest BCUT2D eigenvalue weighted by atomic mass is 16.3. The summed E-state index contributed by atoms with van der Waals surface area (Å²) < 4.78 is 0. The van der Waals surface area contributed by atoms with E-state index in [2.05, 4.69) is 59.9 Å². The van der Waals surface area contributed by atoms with Crippen LogP contribution in [-0.4, -0.2) is 39.3 Å². The lowest BCUT2D eigenvalue weighted by molar-refractivity contribution is -0.222. The fourth-order valence-electron chi connectivity index (χ4n) is 10.5. The van der Waals surface area contributed by atoms with Crippen LogP contribution in [0.2, 0.25) is 0 Å². The number of rotatable bonds is 10. The number of imidazole rings is 1. The van der Waals surface area contributed by atoms with Crippen molar-refractivity contribution in [2.75, 3.05) is 6.54 Å². The number of H-pyrrole nitrogens is 1. The molecule has 1 unspecified atom stereocenters. The summed E-state index contributed by atoms with van der Waals surface area (Å²) in [6.07, 6.45) is 17.3. The summed E-state index contributed by atoms with van der Waals surface area (Å²) in [6, 6.07) is -0.0915. The molecule has 0 aliphatic heterocycles. The number of nitrogens with one attached hydrogen (secondary N) is 2. The molecule has 1 aromatic heterocycles. The second-order valence-electron chi connectivity index (χ2n) is 14.9. The van der Waals surface area contributed by atoms with Crippen molar-refractivity contribution in [1.82, 2.24) is 15.3 Å². The van der Waals surface area contributed by atoms with E-state index in [9.17, 15) is 10.6 Å². The number of nitrogens with zero attached hydrogens (tertiary/aromatic N) is 4. The molecule has 1 aromatic rings. The smallest absolute Gasteiger partial charge is 0.0921 e. The molecule has 4 fully saturated rings. The van der Waals surface area contributed by atoms with Gasteiger partial charge >= 0.3 is 0 Å².